The van der Waals surface area contributed by atoms with Crippen LogP contribution in [0.15, 0.2) is 63.0 Å². The van der Waals surface area contributed by atoms with Crippen LogP contribution in [0.25, 0.3) is 6.08 Å². The number of methoxy groups -OCH3 is 1. The number of anilines is 1. The number of rotatable bonds is 7. The number of nitrogens with one attached hydrogen (secondary N) is 1. The van der Waals surface area contributed by atoms with Crippen LogP contribution in [0.4, 0.5) is 5.69 Å². The van der Waals surface area contributed by atoms with Gasteiger partial charge in [-0.3, -0.25) is 4.79 Å². The van der Waals surface area contributed by atoms with Crippen molar-refractivity contribution in [3.05, 3.63) is 89.8 Å². The van der Waals surface area contributed by atoms with Crippen molar-refractivity contribution in [3.63, 3.8) is 0 Å². The van der Waals surface area contributed by atoms with E-state index in [4.69, 9.17) is 32.7 Å². The molecule has 0 unspecified atom stereocenters. The fraction of sp³-hybridized carbons (Fsp3) is 0.120. The maximum Gasteiger partial charge on any atom is 0.266 e. The molecular weight excluding hydrogens is 607 g/mol. The minimum Gasteiger partial charge on any atom is -0.493 e. The Bertz CT molecular complexity index is 1280. The van der Waals surface area contributed by atoms with Gasteiger partial charge in [0.25, 0.3) is 5.91 Å². The fourth-order valence-corrected chi connectivity index (χ4v) is 5.15. The molecule has 0 aromatic heterocycles. The van der Waals surface area contributed by atoms with Gasteiger partial charge in [0.05, 0.1) is 12.8 Å². The summed E-state index contributed by atoms with van der Waals surface area (Å²) in [7, 11) is 1.52. The van der Waals surface area contributed by atoms with Crippen molar-refractivity contribution in [2.24, 2.45) is 0 Å². The van der Waals surface area contributed by atoms with E-state index in [2.05, 4.69) is 37.2 Å². The molecule has 0 spiro atoms. The van der Waals surface area contributed by atoms with Crippen LogP contribution in [0.1, 0.15) is 16.7 Å². The fourth-order valence-electron chi connectivity index (χ4n) is 3.03. The molecule has 3 aromatic carbocycles. The number of aryl methyl sites for hydroxylation is 1. The number of carbonyl (C=O) groups is 1. The molecule has 0 aliphatic carbocycles. The van der Waals surface area contributed by atoms with Gasteiger partial charge in [-0.25, -0.2) is 0 Å². The lowest BCUT2D eigenvalue weighted by molar-refractivity contribution is -0.112. The van der Waals surface area contributed by atoms with Crippen LogP contribution in [0.3, 0.4) is 0 Å². The Labute approximate surface area is 224 Å². The smallest absolute Gasteiger partial charge is 0.266 e. The highest BCUT2D eigenvalue weighted by atomic mass is 79.9. The standard InChI is InChI=1S/C25H18Br2Cl2N2O3/c1-14-8-18(26)24(19(27)9-14)31-25(32)16(12-30)10-15-6-7-22(33-2)23(11-15)34-13-17-20(28)4-3-5-21(17)29/h3-11H,13H2,1-2H3,(H,31,32)/b16-10+. The molecule has 0 atom stereocenters. The zero-order valence-electron chi connectivity index (χ0n) is 18.1. The highest BCUT2D eigenvalue weighted by Crippen LogP contribution is 2.34. The van der Waals surface area contributed by atoms with Crippen molar-refractivity contribution in [2.45, 2.75) is 13.5 Å². The van der Waals surface area contributed by atoms with E-state index in [0.29, 0.717) is 47.3 Å². The predicted octanol–water partition coefficient (Wildman–Crippen LogP) is 7.96. The second kappa shape index (κ2) is 11.8. The first kappa shape index (κ1) is 26.1. The molecule has 1 N–H and O–H groups in total. The molecule has 0 saturated carbocycles. The average molecular weight is 625 g/mol. The first-order valence-electron chi connectivity index (χ1n) is 9.86. The van der Waals surface area contributed by atoms with E-state index >= 15 is 0 Å². The second-order valence-electron chi connectivity index (χ2n) is 7.13. The number of halogens is 4. The number of amides is 1. The molecule has 34 heavy (non-hydrogen) atoms. The third-order valence-corrected chi connectivity index (χ3v) is 6.68. The van der Waals surface area contributed by atoms with Gasteiger partial charge in [0.15, 0.2) is 11.5 Å². The molecule has 174 valence electrons. The summed E-state index contributed by atoms with van der Waals surface area (Å²) in [4.78, 5) is 12.8. The molecule has 0 fully saturated rings. The van der Waals surface area contributed by atoms with Crippen LogP contribution >= 0.6 is 55.1 Å². The number of carbonyl (C=O) groups excluding carboxylic acids is 1. The third-order valence-electron chi connectivity index (χ3n) is 4.72. The predicted molar refractivity (Wildman–Crippen MR) is 143 cm³/mol. The van der Waals surface area contributed by atoms with Gasteiger partial charge in [-0.2, -0.15) is 5.26 Å². The van der Waals surface area contributed by atoms with E-state index in [1.165, 1.54) is 13.2 Å². The van der Waals surface area contributed by atoms with Gasteiger partial charge in [-0.05, 0) is 92.4 Å². The second-order valence-corrected chi connectivity index (χ2v) is 9.65. The number of nitriles is 1. The highest BCUT2D eigenvalue weighted by Gasteiger charge is 2.15. The number of benzene rings is 3. The lowest BCUT2D eigenvalue weighted by Gasteiger charge is -2.13. The quantitative estimate of drug-likeness (QED) is 0.214. The van der Waals surface area contributed by atoms with Gasteiger partial charge in [0.2, 0.25) is 0 Å². The monoisotopic (exact) mass is 622 g/mol. The van der Waals surface area contributed by atoms with Crippen LogP contribution in [-0.4, -0.2) is 13.0 Å². The summed E-state index contributed by atoms with van der Waals surface area (Å²) < 4.78 is 12.7. The van der Waals surface area contributed by atoms with Crippen LogP contribution < -0.4 is 14.8 Å². The Morgan fingerprint density at radius 1 is 1.09 bits per heavy atom. The minimum absolute atomic E-state index is 0.0790. The summed E-state index contributed by atoms with van der Waals surface area (Å²) in [6, 6.07) is 16.0. The van der Waals surface area contributed by atoms with Crippen LogP contribution in [0.2, 0.25) is 10.0 Å². The zero-order valence-corrected chi connectivity index (χ0v) is 22.8. The number of hydrogen-bond donors (Lipinski definition) is 1. The molecule has 9 heteroatoms. The highest BCUT2D eigenvalue weighted by molar-refractivity contribution is 9.11. The van der Waals surface area contributed by atoms with E-state index in [1.807, 2.05) is 25.1 Å². The summed E-state index contributed by atoms with van der Waals surface area (Å²) in [6.07, 6.45) is 1.47. The Morgan fingerprint density at radius 3 is 2.32 bits per heavy atom. The average Bonchev–Trinajstić information content (AvgIpc) is 2.79. The Hall–Kier alpha value is -2.50. The topological polar surface area (TPSA) is 71.3 Å². The Balaban J connectivity index is 1.86. The maximum atomic E-state index is 12.8. The summed E-state index contributed by atoms with van der Waals surface area (Å²) in [6.45, 7) is 2.05. The number of ether oxygens (including phenoxy) is 2. The molecule has 1 amide bonds. The van der Waals surface area contributed by atoms with Gasteiger partial charge in [-0.15, -0.1) is 0 Å². The molecule has 0 radical (unpaired) electrons. The molecule has 0 bridgehead atoms. The van der Waals surface area contributed by atoms with Crippen LogP contribution in [-0.2, 0) is 11.4 Å². The third kappa shape index (κ3) is 6.34. The van der Waals surface area contributed by atoms with Gasteiger partial charge in [0.1, 0.15) is 18.2 Å². The van der Waals surface area contributed by atoms with E-state index in [0.717, 1.165) is 5.56 Å². The largest absolute Gasteiger partial charge is 0.493 e. The molecule has 5 nitrogen and oxygen atoms in total. The molecule has 0 heterocycles. The van der Waals surface area contributed by atoms with Crippen molar-refractivity contribution in [1.29, 1.82) is 5.26 Å². The van der Waals surface area contributed by atoms with E-state index in [1.54, 1.807) is 36.4 Å². The minimum atomic E-state index is -0.547. The molecule has 0 saturated heterocycles. The van der Waals surface area contributed by atoms with Crippen LogP contribution in [0.5, 0.6) is 11.5 Å². The summed E-state index contributed by atoms with van der Waals surface area (Å²) in [5, 5.41) is 13.3. The van der Waals surface area contributed by atoms with Gasteiger partial charge >= 0.3 is 0 Å². The Morgan fingerprint density at radius 2 is 1.74 bits per heavy atom. The van der Waals surface area contributed by atoms with E-state index in [-0.39, 0.29) is 12.2 Å². The van der Waals surface area contributed by atoms with Gasteiger partial charge < -0.3 is 14.8 Å². The normalized spacial score (nSPS) is 11.0. The van der Waals surface area contributed by atoms with Gasteiger partial charge in [0, 0.05) is 24.6 Å². The van der Waals surface area contributed by atoms with Crippen LogP contribution in [0, 0.1) is 18.3 Å². The first-order chi connectivity index (χ1) is 16.2. The number of hydrogen-bond acceptors (Lipinski definition) is 4. The lowest BCUT2D eigenvalue weighted by Crippen LogP contribution is -2.14. The van der Waals surface area contributed by atoms with Crippen molar-refractivity contribution < 1.29 is 14.3 Å². The summed E-state index contributed by atoms with van der Waals surface area (Å²) >= 11 is 19.3. The molecule has 0 aliphatic heterocycles. The first-order valence-corrected chi connectivity index (χ1v) is 12.2. The number of nitrogens with zero attached hydrogens (tertiary/aromatic N) is 1. The molecule has 3 rings (SSSR count). The van der Waals surface area contributed by atoms with Crippen molar-refractivity contribution in [1.82, 2.24) is 0 Å². The molecule has 3 aromatic rings. The maximum absolute atomic E-state index is 12.8. The summed E-state index contributed by atoms with van der Waals surface area (Å²) in [5.41, 5.74) is 2.68. The van der Waals surface area contributed by atoms with Gasteiger partial charge in [-0.1, -0.05) is 35.3 Å². The zero-order chi connectivity index (χ0) is 24.8. The Kier molecular flexibility index (Phi) is 9.03. The van der Waals surface area contributed by atoms with E-state index in [9.17, 15) is 10.1 Å². The van der Waals surface area contributed by atoms with Crippen molar-refractivity contribution in [2.75, 3.05) is 12.4 Å². The molecule has 0 aliphatic rings. The van der Waals surface area contributed by atoms with Crippen molar-refractivity contribution in [3.8, 4) is 17.6 Å². The van der Waals surface area contributed by atoms with E-state index < -0.39 is 5.91 Å². The van der Waals surface area contributed by atoms with Crippen molar-refractivity contribution >= 4 is 72.7 Å². The molecular formula is C25H18Br2Cl2N2O3. The lowest BCUT2D eigenvalue weighted by atomic mass is 10.1. The summed E-state index contributed by atoms with van der Waals surface area (Å²) in [5.74, 6) is 0.346. The SMILES string of the molecule is COc1ccc(/C=C(\C#N)C(=O)Nc2c(Br)cc(C)cc2Br)cc1OCc1c(Cl)cccc1Cl.